The maximum atomic E-state index is 11.6. The lowest BCUT2D eigenvalue weighted by molar-refractivity contribution is 0.220. The fourth-order valence-electron chi connectivity index (χ4n) is 3.09. The third-order valence-corrected chi connectivity index (χ3v) is 6.43. The molecule has 0 saturated carbocycles. The Morgan fingerprint density at radius 1 is 1.30 bits per heavy atom. The van der Waals surface area contributed by atoms with Gasteiger partial charge >= 0.3 is 0 Å². The van der Waals surface area contributed by atoms with Crippen molar-refractivity contribution < 1.29 is 8.42 Å². The molecule has 0 aromatic carbocycles. The van der Waals surface area contributed by atoms with Gasteiger partial charge in [0.05, 0.1) is 12.3 Å². The van der Waals surface area contributed by atoms with Gasteiger partial charge in [0, 0.05) is 31.4 Å². The molecule has 0 unspecified atom stereocenters. The van der Waals surface area contributed by atoms with Crippen molar-refractivity contribution >= 4 is 9.84 Å². The Bertz CT molecular complexity index is 613. The average molecular weight is 343 g/mol. The number of hydrogen-bond acceptors (Lipinski definition) is 6. The SMILES string of the molecule is CCn1c(C)nnc1CN(C)[C@@H]1CCN(CCS(=O)(=O)CC)C1. The van der Waals surface area contributed by atoms with Gasteiger partial charge in [0.2, 0.25) is 0 Å². The summed E-state index contributed by atoms with van der Waals surface area (Å²) in [5, 5.41) is 8.43. The zero-order valence-electron chi connectivity index (χ0n) is 14.7. The number of aryl methyl sites for hydroxylation is 1. The predicted octanol–water partition coefficient (Wildman–Crippen LogP) is 0.547. The van der Waals surface area contributed by atoms with E-state index in [9.17, 15) is 8.42 Å². The summed E-state index contributed by atoms with van der Waals surface area (Å²) < 4.78 is 25.4. The number of likely N-dealkylation sites (N-methyl/N-ethyl adjacent to an activating group) is 1. The zero-order chi connectivity index (χ0) is 17.0. The van der Waals surface area contributed by atoms with Crippen LogP contribution in [0, 0.1) is 6.92 Å². The highest BCUT2D eigenvalue weighted by molar-refractivity contribution is 7.91. The molecule has 1 atom stereocenters. The molecule has 2 heterocycles. The van der Waals surface area contributed by atoms with Crippen LogP contribution in [0.15, 0.2) is 0 Å². The summed E-state index contributed by atoms with van der Waals surface area (Å²) in [6, 6.07) is 0.446. The highest BCUT2D eigenvalue weighted by Crippen LogP contribution is 2.16. The van der Waals surface area contributed by atoms with Crippen molar-refractivity contribution in [2.45, 2.75) is 46.3 Å². The van der Waals surface area contributed by atoms with Crippen LogP contribution in [-0.4, -0.2) is 77.2 Å². The Hall–Kier alpha value is -0.990. The van der Waals surface area contributed by atoms with Crippen molar-refractivity contribution in [2.24, 2.45) is 0 Å². The van der Waals surface area contributed by atoms with E-state index < -0.39 is 9.84 Å². The first-order chi connectivity index (χ1) is 10.9. The van der Waals surface area contributed by atoms with Gasteiger partial charge in [-0.2, -0.15) is 0 Å². The summed E-state index contributed by atoms with van der Waals surface area (Å²) in [7, 11) is -0.764. The monoisotopic (exact) mass is 343 g/mol. The lowest BCUT2D eigenvalue weighted by Gasteiger charge is -2.24. The Kier molecular flexibility index (Phi) is 6.16. The van der Waals surface area contributed by atoms with Gasteiger partial charge in [-0.15, -0.1) is 10.2 Å². The number of rotatable bonds is 8. The third kappa shape index (κ3) is 4.74. The molecule has 8 heteroatoms. The zero-order valence-corrected chi connectivity index (χ0v) is 15.5. The molecule has 0 N–H and O–H groups in total. The fourth-order valence-corrected chi connectivity index (χ4v) is 3.92. The van der Waals surface area contributed by atoms with Crippen molar-refractivity contribution in [1.82, 2.24) is 24.6 Å². The van der Waals surface area contributed by atoms with E-state index in [1.165, 1.54) is 0 Å². The molecule has 0 aliphatic carbocycles. The molecule has 23 heavy (non-hydrogen) atoms. The molecule has 1 saturated heterocycles. The fraction of sp³-hybridized carbons (Fsp3) is 0.867. The topological polar surface area (TPSA) is 71.3 Å². The van der Waals surface area contributed by atoms with E-state index in [-0.39, 0.29) is 11.5 Å². The summed E-state index contributed by atoms with van der Waals surface area (Å²) in [5.41, 5.74) is 0. The largest absolute Gasteiger partial charge is 0.314 e. The Morgan fingerprint density at radius 2 is 2.04 bits per heavy atom. The summed E-state index contributed by atoms with van der Waals surface area (Å²) in [5.74, 6) is 2.45. The first-order valence-corrected chi connectivity index (χ1v) is 10.2. The van der Waals surface area contributed by atoms with Gasteiger partial charge in [0.15, 0.2) is 9.84 Å². The van der Waals surface area contributed by atoms with Crippen molar-refractivity contribution in [1.29, 1.82) is 0 Å². The van der Waals surface area contributed by atoms with Crippen LogP contribution in [0.25, 0.3) is 0 Å². The standard InChI is InChI=1S/C15H29N5O2S/c1-5-20-13(3)16-17-15(20)12-18(4)14-7-8-19(11-14)9-10-23(21,22)6-2/h14H,5-12H2,1-4H3/t14-/m1/s1. The summed E-state index contributed by atoms with van der Waals surface area (Å²) >= 11 is 0. The van der Waals surface area contributed by atoms with Crippen LogP contribution >= 0.6 is 0 Å². The van der Waals surface area contributed by atoms with E-state index in [1.807, 2.05) is 6.92 Å². The number of aromatic nitrogens is 3. The number of hydrogen-bond donors (Lipinski definition) is 0. The molecule has 2 rings (SSSR count). The van der Waals surface area contributed by atoms with Crippen molar-refractivity contribution in [2.75, 3.05) is 38.2 Å². The highest BCUT2D eigenvalue weighted by Gasteiger charge is 2.27. The minimum absolute atomic E-state index is 0.232. The Labute approximate surface area is 139 Å². The molecular weight excluding hydrogens is 314 g/mol. The van der Waals surface area contributed by atoms with E-state index in [4.69, 9.17) is 0 Å². The molecule has 0 spiro atoms. The minimum atomic E-state index is -2.88. The molecular formula is C15H29N5O2S. The molecule has 1 aliphatic heterocycles. The molecule has 1 aliphatic rings. The van der Waals surface area contributed by atoms with E-state index in [1.54, 1.807) is 6.92 Å². The van der Waals surface area contributed by atoms with Crippen molar-refractivity contribution in [3.63, 3.8) is 0 Å². The molecule has 7 nitrogen and oxygen atoms in total. The lowest BCUT2D eigenvalue weighted by Crippen LogP contribution is -2.36. The van der Waals surface area contributed by atoms with Gasteiger partial charge in [-0.1, -0.05) is 6.92 Å². The van der Waals surface area contributed by atoms with E-state index >= 15 is 0 Å². The smallest absolute Gasteiger partial charge is 0.151 e. The highest BCUT2D eigenvalue weighted by atomic mass is 32.2. The second-order valence-electron chi connectivity index (χ2n) is 6.30. The quantitative estimate of drug-likeness (QED) is 0.686. The van der Waals surface area contributed by atoms with Crippen LogP contribution in [-0.2, 0) is 22.9 Å². The molecule has 0 bridgehead atoms. The first-order valence-electron chi connectivity index (χ1n) is 8.38. The maximum absolute atomic E-state index is 11.6. The van der Waals surface area contributed by atoms with Crippen molar-refractivity contribution in [3.05, 3.63) is 11.6 Å². The van der Waals surface area contributed by atoms with Gasteiger partial charge in [0.1, 0.15) is 11.6 Å². The average Bonchev–Trinajstić information content (AvgIpc) is 3.12. The van der Waals surface area contributed by atoms with Crippen LogP contribution in [0.4, 0.5) is 0 Å². The normalized spacial score (nSPS) is 19.8. The molecule has 132 valence electrons. The van der Waals surface area contributed by atoms with Gasteiger partial charge in [0.25, 0.3) is 0 Å². The predicted molar refractivity (Wildman–Crippen MR) is 91.1 cm³/mol. The number of nitrogens with zero attached hydrogens (tertiary/aromatic N) is 5. The molecule has 0 amide bonds. The Balaban J connectivity index is 1.86. The second-order valence-corrected chi connectivity index (χ2v) is 8.78. The number of likely N-dealkylation sites (tertiary alicyclic amines) is 1. The van der Waals surface area contributed by atoms with Gasteiger partial charge in [-0.3, -0.25) is 4.90 Å². The number of sulfone groups is 1. The van der Waals surface area contributed by atoms with Crippen LogP contribution in [0.3, 0.4) is 0 Å². The van der Waals surface area contributed by atoms with Crippen LogP contribution in [0.5, 0.6) is 0 Å². The van der Waals surface area contributed by atoms with Crippen molar-refractivity contribution in [3.8, 4) is 0 Å². The van der Waals surface area contributed by atoms with Crippen LogP contribution < -0.4 is 0 Å². The van der Waals surface area contributed by atoms with Gasteiger partial charge in [-0.25, -0.2) is 8.42 Å². The molecule has 1 fully saturated rings. The third-order valence-electron chi connectivity index (χ3n) is 4.75. The van der Waals surface area contributed by atoms with Gasteiger partial charge < -0.3 is 9.47 Å². The van der Waals surface area contributed by atoms with E-state index in [0.29, 0.717) is 12.6 Å². The summed E-state index contributed by atoms with van der Waals surface area (Å²) in [6.07, 6.45) is 1.07. The Morgan fingerprint density at radius 3 is 2.70 bits per heavy atom. The minimum Gasteiger partial charge on any atom is -0.314 e. The molecule has 0 radical (unpaired) electrons. The van der Waals surface area contributed by atoms with E-state index in [2.05, 4.69) is 38.5 Å². The van der Waals surface area contributed by atoms with Crippen LogP contribution in [0.1, 0.15) is 31.9 Å². The summed E-state index contributed by atoms with van der Waals surface area (Å²) in [6.45, 7) is 9.99. The summed E-state index contributed by atoms with van der Waals surface area (Å²) in [4.78, 5) is 4.56. The first kappa shape index (κ1) is 18.4. The lowest BCUT2D eigenvalue weighted by atomic mass is 10.2. The second kappa shape index (κ2) is 7.72. The van der Waals surface area contributed by atoms with Gasteiger partial charge in [-0.05, 0) is 33.9 Å². The molecule has 1 aromatic heterocycles. The molecule has 1 aromatic rings. The van der Waals surface area contributed by atoms with Crippen LogP contribution in [0.2, 0.25) is 0 Å². The van der Waals surface area contributed by atoms with E-state index in [0.717, 1.165) is 44.2 Å². The maximum Gasteiger partial charge on any atom is 0.151 e.